The van der Waals surface area contributed by atoms with Gasteiger partial charge in [0.05, 0.1) is 18.2 Å². The molecule has 3 rings (SSSR count). The highest BCUT2D eigenvalue weighted by Gasteiger charge is 2.29. The van der Waals surface area contributed by atoms with E-state index in [9.17, 15) is 9.90 Å². The van der Waals surface area contributed by atoms with Gasteiger partial charge in [0.25, 0.3) is 0 Å². The maximum absolute atomic E-state index is 14.3. The molecule has 0 saturated carbocycles. The molecule has 0 spiro atoms. The normalized spacial score (nSPS) is 13.0. The number of nitrogens with zero attached hydrogens (tertiary/aromatic N) is 2. The van der Waals surface area contributed by atoms with Crippen molar-refractivity contribution in [1.29, 1.82) is 0 Å². The second-order valence-electron chi connectivity index (χ2n) is 12.5. The molecule has 2 N–H and O–H groups in total. The molecule has 1 amide bonds. The van der Waals surface area contributed by atoms with Gasteiger partial charge in [-0.1, -0.05) is 75.7 Å². The maximum Gasteiger partial charge on any atom is 0.244 e. The van der Waals surface area contributed by atoms with Crippen LogP contribution in [0.5, 0.6) is 11.5 Å². The molecule has 2 atom stereocenters. The van der Waals surface area contributed by atoms with Crippen LogP contribution >= 0.6 is 0 Å². The average molecular weight is 634 g/mol. The smallest absolute Gasteiger partial charge is 0.244 e. The van der Waals surface area contributed by atoms with Crippen LogP contribution in [0.2, 0.25) is 0 Å². The van der Waals surface area contributed by atoms with Gasteiger partial charge in [-0.2, -0.15) is 0 Å². The first kappa shape index (κ1) is 37.0. The first-order chi connectivity index (χ1) is 22.1. The molecule has 0 aliphatic rings. The third kappa shape index (κ3) is 13.1. The number of ether oxygens (including phenoxy) is 3. The van der Waals surface area contributed by atoms with Gasteiger partial charge < -0.3 is 29.1 Å². The van der Waals surface area contributed by atoms with Crippen molar-refractivity contribution in [1.82, 2.24) is 10.2 Å². The van der Waals surface area contributed by atoms with Crippen LogP contribution in [-0.2, 0) is 22.6 Å². The van der Waals surface area contributed by atoms with E-state index in [-0.39, 0.29) is 5.91 Å². The molecule has 0 aliphatic carbocycles. The molecule has 0 radical (unpaired) electrons. The van der Waals surface area contributed by atoms with Crippen molar-refractivity contribution in [3.8, 4) is 11.5 Å². The third-order valence-electron chi connectivity index (χ3n) is 7.63. The maximum atomic E-state index is 14.3. The number of rotatable bonds is 20. The number of unbranched alkanes of at least 4 members (excludes halogenated alkanes) is 1. The zero-order valence-electron chi connectivity index (χ0n) is 28.7. The number of aliphatic hydroxyl groups is 1. The van der Waals surface area contributed by atoms with E-state index in [0.717, 1.165) is 67.2 Å². The van der Waals surface area contributed by atoms with Gasteiger partial charge in [0.1, 0.15) is 18.1 Å². The van der Waals surface area contributed by atoms with Crippen molar-refractivity contribution < 1.29 is 24.1 Å². The number of hydrogen-bond acceptors (Lipinski definition) is 7. The summed E-state index contributed by atoms with van der Waals surface area (Å²) in [5.41, 5.74) is 2.19. The molecule has 0 aliphatic heterocycles. The van der Waals surface area contributed by atoms with Crippen LogP contribution in [0.4, 0.5) is 5.69 Å². The number of carbonyl (C=O) groups is 1. The van der Waals surface area contributed by atoms with E-state index in [4.69, 9.17) is 14.2 Å². The zero-order valence-corrected chi connectivity index (χ0v) is 28.7. The Kier molecular flexibility index (Phi) is 15.5. The number of amides is 1. The Morgan fingerprint density at radius 2 is 1.54 bits per heavy atom. The van der Waals surface area contributed by atoms with E-state index in [2.05, 4.69) is 31.0 Å². The van der Waals surface area contributed by atoms with E-state index in [1.54, 1.807) is 4.90 Å². The second kappa shape index (κ2) is 19.3. The topological polar surface area (TPSA) is 83.5 Å². The lowest BCUT2D eigenvalue weighted by Crippen LogP contribution is -2.53. The van der Waals surface area contributed by atoms with Gasteiger partial charge in [0, 0.05) is 24.8 Å². The minimum Gasteiger partial charge on any atom is -0.493 e. The SMILES string of the molecule is CCCCN(C(=O)[C@@H](Cc1ccc(OCc2ccccc2)cc1)NC(O)OC(C)(C)C)c1cccc(OCCCN(CC)CC)c1. The van der Waals surface area contributed by atoms with Crippen LogP contribution < -0.4 is 19.7 Å². The van der Waals surface area contributed by atoms with Crippen molar-refractivity contribution in [2.45, 2.75) is 91.9 Å². The lowest BCUT2D eigenvalue weighted by Gasteiger charge is -2.31. The predicted octanol–water partition coefficient (Wildman–Crippen LogP) is 6.80. The molecular weight excluding hydrogens is 578 g/mol. The second-order valence-corrected chi connectivity index (χ2v) is 12.5. The summed E-state index contributed by atoms with van der Waals surface area (Å²) in [6.45, 7) is 16.7. The van der Waals surface area contributed by atoms with Gasteiger partial charge >= 0.3 is 0 Å². The Balaban J connectivity index is 1.77. The Hall–Kier alpha value is -3.43. The molecule has 46 heavy (non-hydrogen) atoms. The quantitative estimate of drug-likeness (QED) is 0.105. The van der Waals surface area contributed by atoms with Gasteiger partial charge in [-0.25, -0.2) is 0 Å². The molecule has 0 heterocycles. The Morgan fingerprint density at radius 1 is 0.826 bits per heavy atom. The minimum atomic E-state index is -1.32. The van der Waals surface area contributed by atoms with E-state index >= 15 is 0 Å². The zero-order chi connectivity index (χ0) is 33.4. The number of aliphatic hydroxyl groups excluding tert-OH is 1. The van der Waals surface area contributed by atoms with Crippen LogP contribution in [0.25, 0.3) is 0 Å². The number of benzene rings is 3. The first-order valence-corrected chi connectivity index (χ1v) is 16.8. The molecule has 0 bridgehead atoms. The number of carbonyl (C=O) groups excluding carboxylic acids is 1. The fourth-order valence-corrected chi connectivity index (χ4v) is 5.09. The summed E-state index contributed by atoms with van der Waals surface area (Å²) < 4.78 is 17.8. The summed E-state index contributed by atoms with van der Waals surface area (Å²) >= 11 is 0. The monoisotopic (exact) mass is 633 g/mol. The summed E-state index contributed by atoms with van der Waals surface area (Å²) in [4.78, 5) is 18.5. The van der Waals surface area contributed by atoms with Crippen molar-refractivity contribution in [2.24, 2.45) is 0 Å². The van der Waals surface area contributed by atoms with Crippen LogP contribution in [0, 0.1) is 0 Å². The Morgan fingerprint density at radius 3 is 2.20 bits per heavy atom. The highest BCUT2D eigenvalue weighted by Crippen LogP contribution is 2.24. The third-order valence-corrected chi connectivity index (χ3v) is 7.63. The Bertz CT molecular complexity index is 1280. The fourth-order valence-electron chi connectivity index (χ4n) is 5.09. The molecule has 8 heteroatoms. The molecule has 1 unspecified atom stereocenters. The lowest BCUT2D eigenvalue weighted by molar-refractivity contribution is -0.186. The van der Waals surface area contributed by atoms with Gasteiger partial charge in [-0.05, 0) is 88.5 Å². The van der Waals surface area contributed by atoms with Crippen LogP contribution in [0.15, 0.2) is 78.9 Å². The summed E-state index contributed by atoms with van der Waals surface area (Å²) in [7, 11) is 0. The first-order valence-electron chi connectivity index (χ1n) is 16.8. The van der Waals surface area contributed by atoms with E-state index in [1.807, 2.05) is 99.6 Å². The number of anilines is 1. The predicted molar refractivity (Wildman–Crippen MR) is 186 cm³/mol. The molecule has 3 aromatic rings. The summed E-state index contributed by atoms with van der Waals surface area (Å²) in [6.07, 6.45) is 1.73. The van der Waals surface area contributed by atoms with Gasteiger partial charge in [-0.3, -0.25) is 10.1 Å². The van der Waals surface area contributed by atoms with Crippen molar-refractivity contribution in [2.75, 3.05) is 37.7 Å². The largest absolute Gasteiger partial charge is 0.493 e. The molecular formula is C38H55N3O5. The van der Waals surface area contributed by atoms with Gasteiger partial charge in [0.15, 0.2) is 0 Å². The van der Waals surface area contributed by atoms with Crippen molar-refractivity contribution in [3.05, 3.63) is 90.0 Å². The van der Waals surface area contributed by atoms with E-state index in [1.165, 1.54) is 0 Å². The average Bonchev–Trinajstić information content (AvgIpc) is 3.04. The molecule has 0 fully saturated rings. The van der Waals surface area contributed by atoms with Gasteiger partial charge in [0.2, 0.25) is 12.3 Å². The highest BCUT2D eigenvalue weighted by molar-refractivity contribution is 5.97. The molecule has 3 aromatic carbocycles. The van der Waals surface area contributed by atoms with Crippen LogP contribution in [-0.4, -0.2) is 66.8 Å². The van der Waals surface area contributed by atoms with E-state index in [0.29, 0.717) is 26.2 Å². The summed E-state index contributed by atoms with van der Waals surface area (Å²) in [5, 5.41) is 13.9. The fraction of sp³-hybridized carbons (Fsp3) is 0.500. The number of nitrogens with one attached hydrogen (secondary N) is 1. The standard InChI is InChI=1S/C38H55N3O5/c1-7-10-25-41(32-18-14-19-34(28-32)44-26-15-24-40(8-2)9-3)36(42)35(39-37(43)46-38(4,5)6)27-30-20-22-33(23-21-30)45-29-31-16-12-11-13-17-31/h11-14,16-23,28,35,37,39,43H,7-10,15,24-27,29H2,1-6H3/t35-,37?/m1/s1. The Labute approximate surface area is 276 Å². The van der Waals surface area contributed by atoms with Crippen molar-refractivity contribution in [3.63, 3.8) is 0 Å². The molecule has 252 valence electrons. The minimum absolute atomic E-state index is 0.145. The molecule has 0 aromatic heterocycles. The van der Waals surface area contributed by atoms with E-state index < -0.39 is 18.1 Å². The lowest BCUT2D eigenvalue weighted by atomic mass is 10.0. The summed E-state index contributed by atoms with van der Waals surface area (Å²) in [6, 6.07) is 24.8. The number of hydrogen-bond donors (Lipinski definition) is 2. The summed E-state index contributed by atoms with van der Waals surface area (Å²) in [5.74, 6) is 1.34. The molecule has 8 nitrogen and oxygen atoms in total. The van der Waals surface area contributed by atoms with Gasteiger partial charge in [-0.15, -0.1) is 0 Å². The molecule has 0 saturated heterocycles. The van der Waals surface area contributed by atoms with Crippen LogP contribution in [0.3, 0.4) is 0 Å². The van der Waals surface area contributed by atoms with Crippen molar-refractivity contribution >= 4 is 11.6 Å². The highest BCUT2D eigenvalue weighted by atomic mass is 16.6. The van der Waals surface area contributed by atoms with Crippen LogP contribution in [0.1, 0.15) is 71.9 Å².